The molecular formula is C20H26N4O2. The largest absolute Gasteiger partial charge is 0.378 e. The molecule has 0 fully saturated rings. The minimum absolute atomic E-state index is 0.358. The van der Waals surface area contributed by atoms with Crippen molar-refractivity contribution in [3.8, 4) is 0 Å². The number of nitrogens with one attached hydrogen (secondary N) is 2. The number of nitrogens with zero attached hydrogens (tertiary/aromatic N) is 2. The minimum atomic E-state index is -0.568. The number of hydrogen-bond acceptors (Lipinski definition) is 4. The van der Waals surface area contributed by atoms with Crippen LogP contribution in [0.3, 0.4) is 0 Å². The van der Waals surface area contributed by atoms with Crippen molar-refractivity contribution >= 4 is 17.6 Å². The molecule has 6 heteroatoms. The lowest BCUT2D eigenvalue weighted by Gasteiger charge is -2.27. The van der Waals surface area contributed by atoms with Crippen molar-refractivity contribution in [3.05, 3.63) is 65.7 Å². The molecule has 0 saturated heterocycles. The maximum Gasteiger partial charge on any atom is 0.321 e. The molecule has 138 valence electrons. The van der Waals surface area contributed by atoms with Gasteiger partial charge >= 0.3 is 6.03 Å². The van der Waals surface area contributed by atoms with Crippen LogP contribution in [0.4, 0.5) is 10.5 Å². The Morgan fingerprint density at radius 1 is 0.962 bits per heavy atom. The molecule has 0 heterocycles. The molecule has 0 aliphatic heterocycles. The third-order valence-electron chi connectivity index (χ3n) is 4.15. The Kier molecular flexibility index (Phi) is 6.74. The van der Waals surface area contributed by atoms with Gasteiger partial charge in [-0.05, 0) is 30.3 Å². The lowest BCUT2D eigenvalue weighted by molar-refractivity contribution is -0.125. The number of rotatable bonds is 6. The fourth-order valence-corrected chi connectivity index (χ4v) is 2.76. The normalized spacial score (nSPS) is 11.7. The molecule has 6 nitrogen and oxygen atoms in total. The summed E-state index contributed by atoms with van der Waals surface area (Å²) in [6.07, 6.45) is 0. The molecule has 0 aliphatic carbocycles. The van der Waals surface area contributed by atoms with E-state index >= 15 is 0 Å². The molecule has 0 bridgehead atoms. The van der Waals surface area contributed by atoms with Gasteiger partial charge in [0.1, 0.15) is 6.04 Å². The van der Waals surface area contributed by atoms with Crippen molar-refractivity contribution in [2.45, 2.75) is 12.6 Å². The number of imide groups is 1. The summed E-state index contributed by atoms with van der Waals surface area (Å²) in [6, 6.07) is 16.5. The van der Waals surface area contributed by atoms with Crippen molar-refractivity contribution in [1.29, 1.82) is 0 Å². The van der Waals surface area contributed by atoms with Crippen molar-refractivity contribution in [3.63, 3.8) is 0 Å². The second kappa shape index (κ2) is 9.01. The lowest BCUT2D eigenvalue weighted by Crippen LogP contribution is -2.44. The quantitative estimate of drug-likeness (QED) is 0.836. The first kappa shape index (κ1) is 19.5. The van der Waals surface area contributed by atoms with E-state index in [1.165, 1.54) is 7.05 Å². The van der Waals surface area contributed by atoms with E-state index in [0.29, 0.717) is 6.54 Å². The van der Waals surface area contributed by atoms with Crippen molar-refractivity contribution in [2.24, 2.45) is 0 Å². The maximum atomic E-state index is 12.7. The molecule has 2 aromatic rings. The highest BCUT2D eigenvalue weighted by Gasteiger charge is 2.26. The van der Waals surface area contributed by atoms with Crippen LogP contribution in [0.2, 0.25) is 0 Å². The summed E-state index contributed by atoms with van der Waals surface area (Å²) in [5.41, 5.74) is 3.04. The Morgan fingerprint density at radius 3 is 2.12 bits per heavy atom. The molecule has 0 aromatic heterocycles. The van der Waals surface area contributed by atoms with E-state index in [2.05, 4.69) is 10.6 Å². The van der Waals surface area contributed by atoms with Crippen LogP contribution < -0.4 is 15.5 Å². The summed E-state index contributed by atoms with van der Waals surface area (Å²) in [6.45, 7) is 0.578. The van der Waals surface area contributed by atoms with Crippen LogP contribution in [0.5, 0.6) is 0 Å². The van der Waals surface area contributed by atoms with Crippen LogP contribution >= 0.6 is 0 Å². The van der Waals surface area contributed by atoms with E-state index in [0.717, 1.165) is 16.8 Å². The third kappa shape index (κ3) is 5.07. The van der Waals surface area contributed by atoms with E-state index in [4.69, 9.17) is 0 Å². The van der Waals surface area contributed by atoms with Gasteiger partial charge in [0.2, 0.25) is 5.91 Å². The fraction of sp³-hybridized carbons (Fsp3) is 0.300. The molecule has 2 aromatic carbocycles. The predicted octanol–water partition coefficient (Wildman–Crippen LogP) is 2.38. The van der Waals surface area contributed by atoms with Gasteiger partial charge in [-0.1, -0.05) is 42.5 Å². The summed E-state index contributed by atoms with van der Waals surface area (Å²) in [4.78, 5) is 28.2. The average Bonchev–Trinajstić information content (AvgIpc) is 2.63. The van der Waals surface area contributed by atoms with Crippen LogP contribution in [0.25, 0.3) is 0 Å². The Labute approximate surface area is 154 Å². The zero-order valence-electron chi connectivity index (χ0n) is 15.7. The molecule has 0 aliphatic rings. The number of carbonyl (C=O) groups excluding carboxylic acids is 2. The number of hydrogen-bond donors (Lipinski definition) is 2. The topological polar surface area (TPSA) is 64.7 Å². The van der Waals surface area contributed by atoms with Crippen LogP contribution in [-0.2, 0) is 11.3 Å². The van der Waals surface area contributed by atoms with Crippen LogP contribution in [0.1, 0.15) is 17.2 Å². The number of likely N-dealkylation sites (N-methyl/N-ethyl adjacent to an activating group) is 1. The zero-order valence-corrected chi connectivity index (χ0v) is 15.7. The molecule has 0 unspecified atom stereocenters. The predicted molar refractivity (Wildman–Crippen MR) is 104 cm³/mol. The van der Waals surface area contributed by atoms with E-state index in [1.807, 2.05) is 85.5 Å². The van der Waals surface area contributed by atoms with Crippen molar-refractivity contribution in [1.82, 2.24) is 15.5 Å². The molecule has 26 heavy (non-hydrogen) atoms. The van der Waals surface area contributed by atoms with Gasteiger partial charge in [-0.2, -0.15) is 0 Å². The Balaban J connectivity index is 2.21. The first-order chi connectivity index (χ1) is 12.4. The fourth-order valence-electron chi connectivity index (χ4n) is 2.76. The van der Waals surface area contributed by atoms with Gasteiger partial charge in [-0.3, -0.25) is 15.0 Å². The molecule has 0 saturated carbocycles. The smallest absolute Gasteiger partial charge is 0.321 e. The van der Waals surface area contributed by atoms with Crippen molar-refractivity contribution in [2.75, 3.05) is 33.1 Å². The van der Waals surface area contributed by atoms with Gasteiger partial charge < -0.3 is 10.2 Å². The van der Waals surface area contributed by atoms with Gasteiger partial charge in [-0.15, -0.1) is 0 Å². The van der Waals surface area contributed by atoms with Crippen LogP contribution in [0, 0.1) is 0 Å². The minimum Gasteiger partial charge on any atom is -0.378 e. The zero-order chi connectivity index (χ0) is 19.1. The Morgan fingerprint density at radius 2 is 1.58 bits per heavy atom. The molecule has 2 N–H and O–H groups in total. The molecule has 0 radical (unpaired) electrons. The number of benzene rings is 2. The van der Waals surface area contributed by atoms with Crippen LogP contribution in [0.15, 0.2) is 54.6 Å². The first-order valence-electron chi connectivity index (χ1n) is 8.46. The monoisotopic (exact) mass is 354 g/mol. The van der Waals surface area contributed by atoms with Gasteiger partial charge in [-0.25, -0.2) is 4.79 Å². The second-order valence-electron chi connectivity index (χ2n) is 6.36. The lowest BCUT2D eigenvalue weighted by atomic mass is 10.0. The first-order valence-corrected chi connectivity index (χ1v) is 8.46. The van der Waals surface area contributed by atoms with Gasteiger partial charge in [0.15, 0.2) is 0 Å². The summed E-state index contributed by atoms with van der Waals surface area (Å²) in [5, 5.41) is 4.80. The van der Waals surface area contributed by atoms with Crippen LogP contribution in [-0.4, -0.2) is 45.0 Å². The highest BCUT2D eigenvalue weighted by atomic mass is 16.2. The van der Waals surface area contributed by atoms with E-state index in [-0.39, 0.29) is 5.91 Å². The molecular weight excluding hydrogens is 328 g/mol. The van der Waals surface area contributed by atoms with E-state index in [9.17, 15) is 9.59 Å². The number of urea groups is 1. The van der Waals surface area contributed by atoms with Gasteiger partial charge in [0, 0.05) is 33.4 Å². The van der Waals surface area contributed by atoms with Gasteiger partial charge in [0.05, 0.1) is 0 Å². The summed E-state index contributed by atoms with van der Waals surface area (Å²) in [5.74, 6) is -0.358. The number of carbonyl (C=O) groups is 2. The summed E-state index contributed by atoms with van der Waals surface area (Å²) >= 11 is 0. The second-order valence-corrected chi connectivity index (χ2v) is 6.36. The molecule has 3 amide bonds. The average molecular weight is 354 g/mol. The summed E-state index contributed by atoms with van der Waals surface area (Å²) in [7, 11) is 7.35. The molecule has 2 rings (SSSR count). The maximum absolute atomic E-state index is 12.7. The highest BCUT2D eigenvalue weighted by Crippen LogP contribution is 2.22. The van der Waals surface area contributed by atoms with E-state index < -0.39 is 12.1 Å². The highest BCUT2D eigenvalue weighted by molar-refractivity contribution is 5.97. The standard InChI is InChI=1S/C20H26N4O2/c1-21-20(26)22-19(25)18(16-8-6-5-7-9-16)24(4)14-15-10-12-17(13-11-15)23(2)3/h5-13,18H,14H2,1-4H3,(H2,21,22,25,26)/t18-/m0/s1. The SMILES string of the molecule is CNC(=O)NC(=O)[C@H](c1ccccc1)N(C)Cc1ccc(N(C)C)cc1. The van der Waals surface area contributed by atoms with Gasteiger partial charge in [0.25, 0.3) is 0 Å². The molecule has 0 spiro atoms. The van der Waals surface area contributed by atoms with E-state index in [1.54, 1.807) is 0 Å². The number of anilines is 1. The third-order valence-corrected chi connectivity index (χ3v) is 4.15. The van der Waals surface area contributed by atoms with Crippen molar-refractivity contribution < 1.29 is 9.59 Å². The summed E-state index contributed by atoms with van der Waals surface area (Å²) < 4.78 is 0. The Bertz CT molecular complexity index is 729. The molecule has 1 atom stereocenters. The Hall–Kier alpha value is -2.86. The number of amides is 3.